The van der Waals surface area contributed by atoms with Crippen LogP contribution in [0.2, 0.25) is 0 Å². The molecule has 0 saturated heterocycles. The minimum absolute atomic E-state index is 0.125. The van der Waals surface area contributed by atoms with Crippen LogP contribution in [0.15, 0.2) is 97.2 Å². The first-order valence-corrected chi connectivity index (χ1v) is 9.33. The smallest absolute Gasteiger partial charge is 0.341 e. The van der Waals surface area contributed by atoms with Crippen LogP contribution in [-0.4, -0.2) is 20.9 Å². The number of rotatable bonds is 6. The average Bonchev–Trinajstić information content (AvgIpc) is 3.14. The van der Waals surface area contributed by atoms with Crippen molar-refractivity contribution in [3.8, 4) is 0 Å². The highest BCUT2D eigenvalue weighted by atomic mass is 16.4. The van der Waals surface area contributed by atoms with Crippen molar-refractivity contribution in [1.29, 1.82) is 0 Å². The van der Waals surface area contributed by atoms with E-state index < -0.39 is 11.5 Å². The van der Waals surface area contributed by atoms with E-state index in [1.807, 2.05) is 91.0 Å². The Hall–Kier alpha value is -3.86. The van der Waals surface area contributed by atoms with Crippen molar-refractivity contribution in [3.63, 3.8) is 0 Å². The monoisotopic (exact) mass is 383 g/mol. The van der Waals surface area contributed by atoms with Gasteiger partial charge in [-0.3, -0.25) is 4.68 Å². The predicted octanol–water partition coefficient (Wildman–Crippen LogP) is 4.52. The molecule has 0 aliphatic heterocycles. The lowest BCUT2D eigenvalue weighted by Crippen LogP contribution is -2.39. The molecule has 0 bridgehead atoms. The highest BCUT2D eigenvalue weighted by molar-refractivity contribution is 5.93. The molecule has 3 aromatic carbocycles. The molecule has 0 amide bonds. The summed E-state index contributed by atoms with van der Waals surface area (Å²) in [6, 6.07) is 30.1. The Morgan fingerprint density at radius 1 is 0.828 bits per heavy atom. The maximum atomic E-state index is 11.8. The molecule has 0 aliphatic carbocycles. The van der Waals surface area contributed by atoms with E-state index in [0.717, 1.165) is 16.7 Å². The SMILES string of the molecule is Cn1ncc(C(=O)O)c1NC(c1ccccc1)(c1ccccc1)c1ccccc1. The summed E-state index contributed by atoms with van der Waals surface area (Å²) in [4.78, 5) is 11.8. The molecule has 5 heteroatoms. The van der Waals surface area contributed by atoms with Crippen LogP contribution in [0.25, 0.3) is 0 Å². The third-order valence-electron chi connectivity index (χ3n) is 5.10. The molecule has 0 radical (unpaired) electrons. The van der Waals surface area contributed by atoms with Crippen LogP contribution in [0, 0.1) is 0 Å². The number of carboxylic acids is 1. The molecule has 0 atom stereocenters. The number of aryl methyl sites for hydroxylation is 1. The second-order valence-electron chi connectivity index (χ2n) is 6.81. The number of nitrogens with one attached hydrogen (secondary N) is 1. The Kier molecular flexibility index (Phi) is 4.87. The molecule has 0 fully saturated rings. The molecule has 5 nitrogen and oxygen atoms in total. The highest BCUT2D eigenvalue weighted by Gasteiger charge is 2.38. The molecule has 0 aliphatic rings. The zero-order valence-corrected chi connectivity index (χ0v) is 16.0. The fourth-order valence-electron chi connectivity index (χ4n) is 3.70. The summed E-state index contributed by atoms with van der Waals surface area (Å²) in [7, 11) is 1.74. The molecule has 2 N–H and O–H groups in total. The maximum absolute atomic E-state index is 11.8. The third kappa shape index (κ3) is 3.27. The van der Waals surface area contributed by atoms with Gasteiger partial charge < -0.3 is 10.4 Å². The minimum atomic E-state index is -1.02. The van der Waals surface area contributed by atoms with E-state index in [4.69, 9.17) is 0 Å². The molecule has 0 saturated carbocycles. The van der Waals surface area contributed by atoms with Crippen LogP contribution in [0.3, 0.4) is 0 Å². The number of benzene rings is 3. The van der Waals surface area contributed by atoms with Crippen LogP contribution >= 0.6 is 0 Å². The van der Waals surface area contributed by atoms with E-state index >= 15 is 0 Å². The standard InChI is InChI=1S/C24H21N3O2/c1-27-22(21(17-25-27)23(28)29)26-24(18-11-5-2-6-12-18,19-13-7-3-8-14-19)20-15-9-4-10-16-20/h2-17,26H,1H3,(H,28,29). The number of aromatic nitrogens is 2. The second kappa shape index (κ2) is 7.64. The number of aromatic carboxylic acids is 1. The van der Waals surface area contributed by atoms with Gasteiger partial charge >= 0.3 is 5.97 Å². The van der Waals surface area contributed by atoms with Gasteiger partial charge in [0.15, 0.2) is 0 Å². The molecule has 1 heterocycles. The Morgan fingerprint density at radius 3 is 1.62 bits per heavy atom. The van der Waals surface area contributed by atoms with Gasteiger partial charge in [-0.1, -0.05) is 91.0 Å². The number of anilines is 1. The molecule has 0 spiro atoms. The molecule has 144 valence electrons. The Labute approximate surface area is 169 Å². The van der Waals surface area contributed by atoms with Gasteiger partial charge in [-0.2, -0.15) is 5.10 Å². The normalized spacial score (nSPS) is 11.2. The van der Waals surface area contributed by atoms with Crippen molar-refractivity contribution >= 4 is 11.8 Å². The molecular formula is C24H21N3O2. The Morgan fingerprint density at radius 2 is 1.24 bits per heavy atom. The number of carbonyl (C=O) groups is 1. The minimum Gasteiger partial charge on any atom is -0.477 e. The van der Waals surface area contributed by atoms with E-state index in [1.165, 1.54) is 6.20 Å². The van der Waals surface area contributed by atoms with Crippen LogP contribution in [0.4, 0.5) is 5.82 Å². The summed E-state index contributed by atoms with van der Waals surface area (Å²) < 4.78 is 1.56. The maximum Gasteiger partial charge on any atom is 0.341 e. The first-order valence-electron chi connectivity index (χ1n) is 9.33. The van der Waals surface area contributed by atoms with E-state index in [-0.39, 0.29) is 5.56 Å². The van der Waals surface area contributed by atoms with E-state index in [0.29, 0.717) is 5.82 Å². The topological polar surface area (TPSA) is 67.2 Å². The largest absolute Gasteiger partial charge is 0.477 e. The number of hydrogen-bond donors (Lipinski definition) is 2. The van der Waals surface area contributed by atoms with E-state index in [2.05, 4.69) is 10.4 Å². The van der Waals surface area contributed by atoms with Gasteiger partial charge in [-0.25, -0.2) is 4.79 Å². The number of carboxylic acid groups (broad SMARTS) is 1. The summed E-state index contributed by atoms with van der Waals surface area (Å²) in [5, 5.41) is 17.4. The summed E-state index contributed by atoms with van der Waals surface area (Å²) in [5.41, 5.74) is 2.31. The zero-order valence-electron chi connectivity index (χ0n) is 16.0. The van der Waals surface area contributed by atoms with Crippen LogP contribution in [0.5, 0.6) is 0 Å². The van der Waals surface area contributed by atoms with Crippen LogP contribution in [-0.2, 0) is 12.6 Å². The van der Waals surface area contributed by atoms with Crippen molar-refractivity contribution in [3.05, 3.63) is 119 Å². The van der Waals surface area contributed by atoms with E-state index in [9.17, 15) is 9.90 Å². The fraction of sp³-hybridized carbons (Fsp3) is 0.0833. The quantitative estimate of drug-likeness (QED) is 0.480. The van der Waals surface area contributed by atoms with Gasteiger partial charge in [0.2, 0.25) is 0 Å². The van der Waals surface area contributed by atoms with Crippen molar-refractivity contribution in [1.82, 2.24) is 9.78 Å². The molecule has 1 aromatic heterocycles. The molecule has 29 heavy (non-hydrogen) atoms. The van der Waals surface area contributed by atoms with Crippen molar-refractivity contribution < 1.29 is 9.90 Å². The van der Waals surface area contributed by atoms with Crippen LogP contribution in [0.1, 0.15) is 27.0 Å². The zero-order chi connectivity index (χ0) is 20.3. The summed E-state index contributed by atoms with van der Waals surface area (Å²) in [5.74, 6) is -0.585. The summed E-state index contributed by atoms with van der Waals surface area (Å²) in [6.45, 7) is 0. The molecule has 4 rings (SSSR count). The molecule has 4 aromatic rings. The summed E-state index contributed by atoms with van der Waals surface area (Å²) in [6.07, 6.45) is 1.37. The van der Waals surface area contributed by atoms with Crippen LogP contribution < -0.4 is 5.32 Å². The summed E-state index contributed by atoms with van der Waals surface area (Å²) >= 11 is 0. The van der Waals surface area contributed by atoms with E-state index in [1.54, 1.807) is 11.7 Å². The second-order valence-corrected chi connectivity index (χ2v) is 6.81. The number of hydrogen-bond acceptors (Lipinski definition) is 3. The highest BCUT2D eigenvalue weighted by Crippen LogP contribution is 2.40. The third-order valence-corrected chi connectivity index (χ3v) is 5.10. The Bertz CT molecular complexity index is 1010. The van der Waals surface area contributed by atoms with Gasteiger partial charge in [-0.05, 0) is 16.7 Å². The first-order chi connectivity index (χ1) is 14.1. The van der Waals surface area contributed by atoms with Crippen molar-refractivity contribution in [2.24, 2.45) is 7.05 Å². The average molecular weight is 383 g/mol. The lowest BCUT2D eigenvalue weighted by Gasteiger charge is -2.37. The fourth-order valence-corrected chi connectivity index (χ4v) is 3.70. The van der Waals surface area contributed by atoms with Crippen molar-refractivity contribution in [2.45, 2.75) is 5.54 Å². The molecular weight excluding hydrogens is 362 g/mol. The lowest BCUT2D eigenvalue weighted by atomic mass is 9.77. The molecule has 0 unspecified atom stereocenters. The van der Waals surface area contributed by atoms with Crippen molar-refractivity contribution in [2.75, 3.05) is 5.32 Å². The number of nitrogens with zero attached hydrogens (tertiary/aromatic N) is 2. The Balaban J connectivity index is 2.04. The first kappa shape index (κ1) is 18.5. The lowest BCUT2D eigenvalue weighted by molar-refractivity contribution is 0.0698. The van der Waals surface area contributed by atoms with Gasteiger partial charge in [0, 0.05) is 7.05 Å². The van der Waals surface area contributed by atoms with Gasteiger partial charge in [0.05, 0.1) is 6.20 Å². The predicted molar refractivity (Wildman–Crippen MR) is 113 cm³/mol. The van der Waals surface area contributed by atoms with Gasteiger partial charge in [0.25, 0.3) is 0 Å². The van der Waals surface area contributed by atoms with Gasteiger partial charge in [-0.15, -0.1) is 0 Å². The van der Waals surface area contributed by atoms with Gasteiger partial charge in [0.1, 0.15) is 16.9 Å².